The van der Waals surface area contributed by atoms with Crippen LogP contribution in [-0.2, 0) is 4.79 Å². The Bertz CT molecular complexity index is 1550. The largest absolute Gasteiger partial charge is 0.451 e. The number of likely N-dealkylation sites (tertiary alicyclic amines) is 1. The summed E-state index contributed by atoms with van der Waals surface area (Å²) in [7, 11) is 0. The molecule has 4 aliphatic rings. The minimum absolute atomic E-state index is 0.106. The van der Waals surface area contributed by atoms with Crippen LogP contribution >= 0.6 is 0 Å². The summed E-state index contributed by atoms with van der Waals surface area (Å²) in [5.41, 5.74) is 1.34. The van der Waals surface area contributed by atoms with Gasteiger partial charge in [-0.2, -0.15) is 5.26 Å². The molecule has 0 saturated carbocycles. The van der Waals surface area contributed by atoms with Crippen LogP contribution in [0.3, 0.4) is 0 Å². The molecule has 1 N–H and O–H groups in total. The molecule has 3 saturated heterocycles. The molecule has 0 radical (unpaired) electrons. The number of aromatic nitrogens is 2. The summed E-state index contributed by atoms with van der Waals surface area (Å²) in [6.07, 6.45) is 10.1. The van der Waals surface area contributed by atoms with Crippen molar-refractivity contribution in [1.82, 2.24) is 20.2 Å². The van der Waals surface area contributed by atoms with Crippen molar-refractivity contribution in [3.8, 4) is 17.6 Å². The van der Waals surface area contributed by atoms with Gasteiger partial charge in [-0.1, -0.05) is 19.9 Å². The van der Waals surface area contributed by atoms with Gasteiger partial charge < -0.3 is 15.0 Å². The van der Waals surface area contributed by atoms with Gasteiger partial charge in [0.05, 0.1) is 17.8 Å². The quantitative estimate of drug-likeness (QED) is 0.480. The molecule has 10 heteroatoms. The Hall–Kier alpha value is -4.10. The average molecular weight is 571 g/mol. The molecule has 3 fully saturated rings. The number of halogens is 1. The van der Waals surface area contributed by atoms with Gasteiger partial charge >= 0.3 is 0 Å². The van der Waals surface area contributed by atoms with Crippen LogP contribution in [0.1, 0.15) is 50.4 Å². The number of nitrogens with zero attached hydrogens (tertiary/aromatic N) is 5. The lowest BCUT2D eigenvalue weighted by Gasteiger charge is -2.27. The number of anilines is 1. The minimum Gasteiger partial charge on any atom is -0.451 e. The zero-order valence-corrected chi connectivity index (χ0v) is 24.2. The number of nitrogens with one attached hydrogen (secondary N) is 1. The maximum absolute atomic E-state index is 14.0. The molecule has 1 aromatic carbocycles. The number of amides is 1. The predicted octanol–water partition coefficient (Wildman–Crippen LogP) is 4.64. The summed E-state index contributed by atoms with van der Waals surface area (Å²) >= 11 is 0. The molecule has 3 aliphatic heterocycles. The second-order valence-corrected chi connectivity index (χ2v) is 12.5. The van der Waals surface area contributed by atoms with Crippen LogP contribution in [0.4, 0.5) is 10.2 Å². The van der Waals surface area contributed by atoms with Crippen molar-refractivity contribution in [3.05, 3.63) is 65.5 Å². The van der Waals surface area contributed by atoms with Gasteiger partial charge in [-0.25, -0.2) is 14.4 Å². The number of hydrogen-bond acceptors (Lipinski definition) is 8. The van der Waals surface area contributed by atoms with E-state index in [9.17, 15) is 19.2 Å². The Morgan fingerprint density at radius 1 is 1.26 bits per heavy atom. The lowest BCUT2D eigenvalue weighted by Crippen LogP contribution is -2.32. The zero-order valence-electron chi connectivity index (χ0n) is 24.2. The molecular formula is C32H35FN6O3. The normalized spacial score (nSPS) is 27.1. The number of ether oxygens (including phenoxy) is 1. The summed E-state index contributed by atoms with van der Waals surface area (Å²) < 4.78 is 20.2. The van der Waals surface area contributed by atoms with E-state index in [-0.39, 0.29) is 40.3 Å². The van der Waals surface area contributed by atoms with E-state index in [4.69, 9.17) is 4.74 Å². The fourth-order valence-electron chi connectivity index (χ4n) is 6.79. The highest BCUT2D eigenvalue weighted by Gasteiger charge is 2.50. The molecule has 2 aromatic rings. The van der Waals surface area contributed by atoms with Gasteiger partial charge in [-0.3, -0.25) is 14.5 Å². The van der Waals surface area contributed by atoms with Crippen molar-refractivity contribution >= 4 is 17.5 Å². The number of hydrogen-bond donors (Lipinski definition) is 1. The molecule has 4 heterocycles. The van der Waals surface area contributed by atoms with Crippen molar-refractivity contribution in [2.45, 2.75) is 40.0 Å². The van der Waals surface area contributed by atoms with E-state index in [0.29, 0.717) is 18.0 Å². The van der Waals surface area contributed by atoms with Crippen molar-refractivity contribution in [3.63, 3.8) is 0 Å². The van der Waals surface area contributed by atoms with Gasteiger partial charge in [0, 0.05) is 49.1 Å². The van der Waals surface area contributed by atoms with Gasteiger partial charge in [0.25, 0.3) is 0 Å². The van der Waals surface area contributed by atoms with Crippen LogP contribution in [0.2, 0.25) is 0 Å². The standard InChI is InChI=1S/C32H35FN6O3/c1-20(2)28(40)23-13-22(33)5-7-26(23)42-27-14-35-19-36-29(27)39-11-9-32(18-39)8-10-38(17-32)15-21-4-6-24-25(12-21)37-30(41)31(24,3)16-34/h4-5,7,12-14,19-20,24H,6,8-11,15,17-18H2,1-3H3,(H,37,41). The highest BCUT2D eigenvalue weighted by molar-refractivity contribution is 6.00. The SMILES string of the molecule is CC(C)C(=O)c1cc(F)ccc1Oc1cncnc1N1CCC2(CCN(CC3=CCC4C(=C3)NC(=O)C4(C)C#N)C2)C1. The third kappa shape index (κ3) is 4.96. The molecule has 1 spiro atoms. The van der Waals surface area contributed by atoms with Crippen LogP contribution in [-0.4, -0.2) is 59.3 Å². The van der Waals surface area contributed by atoms with Crippen LogP contribution in [0.5, 0.6) is 11.5 Å². The summed E-state index contributed by atoms with van der Waals surface area (Å²) in [5.74, 6) is 0.0858. The third-order valence-corrected chi connectivity index (χ3v) is 9.26. The van der Waals surface area contributed by atoms with E-state index in [1.165, 1.54) is 30.1 Å². The Morgan fingerprint density at radius 3 is 2.86 bits per heavy atom. The van der Waals surface area contributed by atoms with Gasteiger partial charge in [0.15, 0.2) is 17.4 Å². The molecule has 3 unspecified atom stereocenters. The smallest absolute Gasteiger partial charge is 0.245 e. The van der Waals surface area contributed by atoms with E-state index in [1.807, 2.05) is 0 Å². The number of fused-ring (bicyclic) bond motifs is 1. The number of allylic oxidation sites excluding steroid dienone is 2. The molecule has 42 heavy (non-hydrogen) atoms. The molecule has 3 atom stereocenters. The highest BCUT2D eigenvalue weighted by atomic mass is 19.1. The monoisotopic (exact) mass is 570 g/mol. The topological polar surface area (TPSA) is 111 Å². The second-order valence-electron chi connectivity index (χ2n) is 12.5. The van der Waals surface area contributed by atoms with Crippen molar-refractivity contribution in [1.29, 1.82) is 5.26 Å². The molecule has 9 nitrogen and oxygen atoms in total. The van der Waals surface area contributed by atoms with Gasteiger partial charge in [0.2, 0.25) is 5.91 Å². The van der Waals surface area contributed by atoms with E-state index >= 15 is 0 Å². The van der Waals surface area contributed by atoms with Crippen LogP contribution in [0.15, 0.2) is 54.1 Å². The summed E-state index contributed by atoms with van der Waals surface area (Å²) in [6.45, 7) is 9.63. The predicted molar refractivity (Wildman–Crippen MR) is 154 cm³/mol. The number of rotatable bonds is 7. The minimum atomic E-state index is -1.01. The van der Waals surface area contributed by atoms with E-state index in [0.717, 1.165) is 51.3 Å². The molecule has 218 valence electrons. The fourth-order valence-corrected chi connectivity index (χ4v) is 6.79. The van der Waals surface area contributed by atoms with E-state index in [2.05, 4.69) is 43.3 Å². The highest BCUT2D eigenvalue weighted by Crippen LogP contribution is 2.45. The number of ketones is 1. The van der Waals surface area contributed by atoms with E-state index < -0.39 is 11.2 Å². The van der Waals surface area contributed by atoms with Crippen LogP contribution in [0.25, 0.3) is 0 Å². The lowest BCUT2D eigenvalue weighted by molar-refractivity contribution is -0.125. The molecule has 1 aliphatic carbocycles. The maximum Gasteiger partial charge on any atom is 0.245 e. The number of carbonyl (C=O) groups is 2. The second kappa shape index (κ2) is 10.6. The number of Topliss-reactive ketones (excluding diaryl/α,β-unsaturated/α-hetero) is 1. The van der Waals surface area contributed by atoms with Gasteiger partial charge in [-0.05, 0) is 62.6 Å². The van der Waals surface area contributed by atoms with Crippen molar-refractivity contribution < 1.29 is 18.7 Å². The Kier molecular flexibility index (Phi) is 7.09. The first kappa shape index (κ1) is 28.0. The summed E-state index contributed by atoms with van der Waals surface area (Å²) in [4.78, 5) is 38.6. The summed E-state index contributed by atoms with van der Waals surface area (Å²) in [5, 5.41) is 12.5. The zero-order chi connectivity index (χ0) is 29.6. The molecule has 1 amide bonds. The molecule has 0 bridgehead atoms. The average Bonchev–Trinajstić information content (AvgIpc) is 3.65. The number of carbonyl (C=O) groups excluding carboxylic acids is 2. The maximum atomic E-state index is 14.0. The molecular weight excluding hydrogens is 535 g/mol. The summed E-state index contributed by atoms with van der Waals surface area (Å²) in [6, 6.07) is 6.21. The van der Waals surface area contributed by atoms with Crippen molar-refractivity contribution in [2.24, 2.45) is 22.7 Å². The Balaban J connectivity index is 1.13. The molecule has 6 rings (SSSR count). The third-order valence-electron chi connectivity index (χ3n) is 9.26. The lowest BCUT2D eigenvalue weighted by atomic mass is 9.75. The van der Waals surface area contributed by atoms with Crippen LogP contribution < -0.4 is 15.0 Å². The number of nitriles is 1. The first-order chi connectivity index (χ1) is 20.1. The fraction of sp³-hybridized carbons (Fsp3) is 0.469. The van der Waals surface area contributed by atoms with Gasteiger partial charge in [-0.15, -0.1) is 0 Å². The Labute approximate surface area is 245 Å². The first-order valence-corrected chi connectivity index (χ1v) is 14.5. The Morgan fingerprint density at radius 2 is 2.07 bits per heavy atom. The van der Waals surface area contributed by atoms with Crippen LogP contribution in [0, 0.1) is 39.8 Å². The number of benzene rings is 1. The van der Waals surface area contributed by atoms with Gasteiger partial charge in [0.1, 0.15) is 23.3 Å². The van der Waals surface area contributed by atoms with E-state index in [1.54, 1.807) is 27.0 Å². The molecule has 1 aromatic heterocycles. The first-order valence-electron chi connectivity index (χ1n) is 14.5. The van der Waals surface area contributed by atoms with Crippen molar-refractivity contribution in [2.75, 3.05) is 37.6 Å².